The fraction of sp³-hybridized carbons (Fsp3) is 0.154. The highest BCUT2D eigenvalue weighted by Crippen LogP contribution is 2.32. The van der Waals surface area contributed by atoms with Crippen molar-refractivity contribution < 1.29 is 13.2 Å². The maximum atomic E-state index is 11.6. The summed E-state index contributed by atoms with van der Waals surface area (Å²) in [5, 5.41) is 0.593. The van der Waals surface area contributed by atoms with Crippen molar-refractivity contribution in [1.82, 2.24) is 4.98 Å². The van der Waals surface area contributed by atoms with Gasteiger partial charge in [-0.05, 0) is 31.2 Å². The lowest BCUT2D eigenvalue weighted by atomic mass is 10.2. The second kappa shape index (κ2) is 5.60. The van der Waals surface area contributed by atoms with E-state index >= 15 is 0 Å². The van der Waals surface area contributed by atoms with Crippen molar-refractivity contribution in [2.24, 2.45) is 0 Å². The zero-order valence-corrected chi connectivity index (χ0v) is 12.8. The fourth-order valence-corrected chi connectivity index (χ4v) is 2.91. The first kappa shape index (κ1) is 15.1. The van der Waals surface area contributed by atoms with Crippen molar-refractivity contribution in [3.8, 4) is 5.75 Å². The van der Waals surface area contributed by atoms with E-state index < -0.39 is 9.05 Å². The number of fused-ring (bicyclic) bond motifs is 1. The van der Waals surface area contributed by atoms with Crippen LogP contribution in [-0.4, -0.2) is 19.5 Å². The second-order valence-corrected chi connectivity index (χ2v) is 7.01. The van der Waals surface area contributed by atoms with Crippen LogP contribution in [0.2, 0.25) is 5.15 Å². The molecule has 0 radical (unpaired) electrons. The molecule has 0 aliphatic carbocycles. The third kappa shape index (κ3) is 3.06. The van der Waals surface area contributed by atoms with Crippen molar-refractivity contribution in [3.63, 3.8) is 0 Å². The highest BCUT2D eigenvalue weighted by atomic mass is 35.7. The van der Waals surface area contributed by atoms with Crippen molar-refractivity contribution >= 4 is 42.2 Å². The summed E-state index contributed by atoms with van der Waals surface area (Å²) in [5.41, 5.74) is 0.341. The molecule has 0 bridgehead atoms. The zero-order chi connectivity index (χ0) is 14.9. The van der Waals surface area contributed by atoms with Gasteiger partial charge in [0.1, 0.15) is 22.5 Å². The summed E-state index contributed by atoms with van der Waals surface area (Å²) in [6.45, 7) is 5.42. The zero-order valence-electron chi connectivity index (χ0n) is 10.5. The van der Waals surface area contributed by atoms with E-state index in [0.29, 0.717) is 16.7 Å². The first-order valence-electron chi connectivity index (χ1n) is 5.66. The van der Waals surface area contributed by atoms with Crippen LogP contribution in [0.5, 0.6) is 5.75 Å². The molecular formula is C13H11Cl2NO3S. The minimum Gasteiger partial charge on any atom is -0.484 e. The monoisotopic (exact) mass is 331 g/mol. The summed E-state index contributed by atoms with van der Waals surface area (Å²) in [4.78, 5) is 4.09. The largest absolute Gasteiger partial charge is 0.484 e. The molecule has 7 heteroatoms. The second-order valence-electron chi connectivity index (χ2n) is 4.09. The van der Waals surface area contributed by atoms with Crippen molar-refractivity contribution in [2.45, 2.75) is 17.9 Å². The molecule has 20 heavy (non-hydrogen) atoms. The van der Waals surface area contributed by atoms with Gasteiger partial charge < -0.3 is 4.74 Å². The number of rotatable bonds is 4. The van der Waals surface area contributed by atoms with E-state index in [-0.39, 0.29) is 16.2 Å². The Labute approximate surface area is 126 Å². The van der Waals surface area contributed by atoms with Gasteiger partial charge in [-0.15, -0.1) is 0 Å². The lowest BCUT2D eigenvalue weighted by Crippen LogP contribution is -2.08. The van der Waals surface area contributed by atoms with Gasteiger partial charge >= 0.3 is 0 Å². The highest BCUT2D eigenvalue weighted by molar-refractivity contribution is 8.14. The minimum atomic E-state index is -3.88. The Kier molecular flexibility index (Phi) is 4.22. The molecule has 0 fully saturated rings. The van der Waals surface area contributed by atoms with Crippen LogP contribution < -0.4 is 4.74 Å². The summed E-state index contributed by atoms with van der Waals surface area (Å²) in [6.07, 6.45) is 1.36. The molecule has 4 nitrogen and oxygen atoms in total. The fourth-order valence-electron chi connectivity index (χ4n) is 1.70. The standard InChI is InChI=1S/C13H11Cl2NO3S/c1-3-8(2)19-10-5-6-11(20(15,17)18)9-4-7-12(14)16-13(9)10/h3-8H,1H2,2H3. The van der Waals surface area contributed by atoms with E-state index in [0.717, 1.165) is 0 Å². The number of hydrogen-bond donors (Lipinski definition) is 0. The number of hydrogen-bond acceptors (Lipinski definition) is 4. The molecule has 1 aromatic carbocycles. The molecule has 106 valence electrons. The average molecular weight is 332 g/mol. The quantitative estimate of drug-likeness (QED) is 0.486. The summed E-state index contributed by atoms with van der Waals surface area (Å²) in [7, 11) is 1.54. The van der Waals surface area contributed by atoms with Crippen LogP contribution in [0, 0.1) is 0 Å². The van der Waals surface area contributed by atoms with Crippen LogP contribution >= 0.6 is 22.3 Å². The van der Waals surface area contributed by atoms with Crippen LogP contribution in [0.4, 0.5) is 0 Å². The maximum Gasteiger partial charge on any atom is 0.261 e. The number of benzene rings is 1. The van der Waals surface area contributed by atoms with E-state index in [2.05, 4.69) is 11.6 Å². The van der Waals surface area contributed by atoms with Gasteiger partial charge in [0.2, 0.25) is 0 Å². The lowest BCUT2D eigenvalue weighted by molar-refractivity contribution is 0.273. The van der Waals surface area contributed by atoms with Crippen LogP contribution in [0.1, 0.15) is 6.92 Å². The molecular weight excluding hydrogens is 321 g/mol. The Balaban J connectivity index is 2.74. The molecule has 2 rings (SSSR count). The topological polar surface area (TPSA) is 56.3 Å². The molecule has 0 aliphatic heterocycles. The van der Waals surface area contributed by atoms with Gasteiger partial charge in [0.05, 0.1) is 4.90 Å². The number of pyridine rings is 1. The highest BCUT2D eigenvalue weighted by Gasteiger charge is 2.18. The van der Waals surface area contributed by atoms with Crippen LogP contribution in [-0.2, 0) is 9.05 Å². The minimum absolute atomic E-state index is 0.0306. The van der Waals surface area contributed by atoms with E-state index in [1.807, 2.05) is 0 Å². The SMILES string of the molecule is C=CC(C)Oc1ccc(S(=O)(=O)Cl)c2ccc(Cl)nc12. The van der Waals surface area contributed by atoms with E-state index in [1.54, 1.807) is 19.1 Å². The summed E-state index contributed by atoms with van der Waals surface area (Å²) < 4.78 is 28.8. The summed E-state index contributed by atoms with van der Waals surface area (Å²) in [6, 6.07) is 5.92. The van der Waals surface area contributed by atoms with Gasteiger partial charge in [-0.2, -0.15) is 0 Å². The normalized spacial score (nSPS) is 13.2. The molecule has 0 saturated heterocycles. The predicted octanol–water partition coefficient (Wildman–Crippen LogP) is 3.77. The molecule has 0 spiro atoms. The molecule has 0 saturated carbocycles. The molecule has 1 atom stereocenters. The van der Waals surface area contributed by atoms with Gasteiger partial charge in [-0.1, -0.05) is 24.3 Å². The first-order chi connectivity index (χ1) is 9.32. The van der Waals surface area contributed by atoms with Crippen molar-refractivity contribution in [3.05, 3.63) is 42.1 Å². The Morgan fingerprint density at radius 1 is 1.35 bits per heavy atom. The molecule has 0 amide bonds. The van der Waals surface area contributed by atoms with Crippen molar-refractivity contribution in [1.29, 1.82) is 0 Å². The average Bonchev–Trinajstić information content (AvgIpc) is 2.37. The van der Waals surface area contributed by atoms with Crippen LogP contribution in [0.25, 0.3) is 10.9 Å². The van der Waals surface area contributed by atoms with Crippen molar-refractivity contribution in [2.75, 3.05) is 0 Å². The van der Waals surface area contributed by atoms with Gasteiger partial charge in [-0.3, -0.25) is 0 Å². The Morgan fingerprint density at radius 3 is 2.65 bits per heavy atom. The number of nitrogens with zero attached hydrogens (tertiary/aromatic N) is 1. The summed E-state index contributed by atoms with van der Waals surface area (Å²) >= 11 is 5.86. The van der Waals surface area contributed by atoms with Gasteiger partial charge in [0.25, 0.3) is 9.05 Å². The molecule has 2 aromatic rings. The van der Waals surface area contributed by atoms with Gasteiger partial charge in [0.15, 0.2) is 0 Å². The third-order valence-electron chi connectivity index (χ3n) is 2.65. The van der Waals surface area contributed by atoms with Crippen LogP contribution in [0.3, 0.4) is 0 Å². The molecule has 0 N–H and O–H groups in total. The van der Waals surface area contributed by atoms with E-state index in [9.17, 15) is 8.42 Å². The molecule has 1 aromatic heterocycles. The number of halogens is 2. The number of aromatic nitrogens is 1. The first-order valence-corrected chi connectivity index (χ1v) is 8.35. The Bertz CT molecular complexity index is 775. The summed E-state index contributed by atoms with van der Waals surface area (Å²) in [5.74, 6) is 0.416. The maximum absolute atomic E-state index is 11.6. The molecule has 0 aliphatic rings. The Morgan fingerprint density at radius 2 is 2.05 bits per heavy atom. The Hall–Kier alpha value is -1.30. The third-order valence-corrected chi connectivity index (χ3v) is 4.24. The smallest absolute Gasteiger partial charge is 0.261 e. The molecule has 1 unspecified atom stereocenters. The molecule has 1 heterocycles. The van der Waals surface area contributed by atoms with Gasteiger partial charge in [0, 0.05) is 16.1 Å². The number of ether oxygens (including phenoxy) is 1. The van der Waals surface area contributed by atoms with E-state index in [4.69, 9.17) is 27.0 Å². The van der Waals surface area contributed by atoms with Gasteiger partial charge in [-0.25, -0.2) is 13.4 Å². The van der Waals surface area contributed by atoms with Crippen LogP contribution in [0.15, 0.2) is 41.8 Å². The predicted molar refractivity (Wildman–Crippen MR) is 80.1 cm³/mol. The lowest BCUT2D eigenvalue weighted by Gasteiger charge is -2.13. The van der Waals surface area contributed by atoms with E-state index in [1.165, 1.54) is 18.2 Å².